The number of phenolic OH excluding ortho intramolecular Hbond substituents is 1. The largest absolute Gasteiger partial charge is 0.507 e. The van der Waals surface area contributed by atoms with Crippen LogP contribution >= 0.6 is 0 Å². The van der Waals surface area contributed by atoms with Crippen LogP contribution in [-0.4, -0.2) is 52.9 Å². The lowest BCUT2D eigenvalue weighted by atomic mass is 9.92. The molecule has 1 N–H and O–H groups in total. The van der Waals surface area contributed by atoms with E-state index in [9.17, 15) is 5.11 Å². The zero-order chi connectivity index (χ0) is 17.6. The Morgan fingerprint density at radius 1 is 1.08 bits per heavy atom. The van der Waals surface area contributed by atoms with Gasteiger partial charge in [0.15, 0.2) is 5.82 Å². The second kappa shape index (κ2) is 6.30. The van der Waals surface area contributed by atoms with Gasteiger partial charge in [-0.15, -0.1) is 10.2 Å². The molecule has 5 heteroatoms. The summed E-state index contributed by atoms with van der Waals surface area (Å²) >= 11 is 0. The molecule has 0 spiro atoms. The fraction of sp³-hybridized carbons (Fsp3) is 0.500. The predicted octanol–water partition coefficient (Wildman–Crippen LogP) is 3.00. The number of benzene rings is 1. The Morgan fingerprint density at radius 2 is 1.88 bits per heavy atom. The fourth-order valence-electron chi connectivity index (χ4n) is 4.47. The maximum atomic E-state index is 10.3. The van der Waals surface area contributed by atoms with Crippen LogP contribution < -0.4 is 4.90 Å². The molecule has 2 aliphatic heterocycles. The number of piperidine rings is 1. The van der Waals surface area contributed by atoms with E-state index in [0.717, 1.165) is 47.2 Å². The Morgan fingerprint density at radius 3 is 2.60 bits per heavy atom. The third-order valence-corrected chi connectivity index (χ3v) is 5.73. The normalized spacial score (nSPS) is 23.7. The number of hydrogen-bond acceptors (Lipinski definition) is 5. The van der Waals surface area contributed by atoms with Gasteiger partial charge in [-0.3, -0.25) is 0 Å². The predicted molar refractivity (Wildman–Crippen MR) is 100.0 cm³/mol. The first kappa shape index (κ1) is 16.3. The van der Waals surface area contributed by atoms with Gasteiger partial charge in [0.2, 0.25) is 0 Å². The standard InChI is InChI=1S/C20H26N4O/c1-13-10-14(2)20(18(25)11-13)16-4-5-19(22-21-16)24-9-7-15-6-8-23(3)12-17(15)24/h4-5,10-11,15,17,25H,6-9,12H2,1-3H3/t15-,17-/m1/s1. The molecule has 0 bridgehead atoms. The van der Waals surface area contributed by atoms with Gasteiger partial charge in [0.1, 0.15) is 5.75 Å². The Bertz CT molecular complexity index is 751. The van der Waals surface area contributed by atoms with E-state index >= 15 is 0 Å². The van der Waals surface area contributed by atoms with Crippen LogP contribution in [0.4, 0.5) is 5.82 Å². The molecular weight excluding hydrogens is 312 g/mol. The Kier molecular flexibility index (Phi) is 4.12. The third-order valence-electron chi connectivity index (χ3n) is 5.73. The molecule has 2 atom stereocenters. The van der Waals surface area contributed by atoms with Crippen molar-refractivity contribution in [3.05, 3.63) is 35.4 Å². The number of rotatable bonds is 2. The maximum absolute atomic E-state index is 10.3. The number of anilines is 1. The average molecular weight is 338 g/mol. The molecule has 0 saturated carbocycles. The summed E-state index contributed by atoms with van der Waals surface area (Å²) in [4.78, 5) is 4.83. The Hall–Kier alpha value is -2.14. The van der Waals surface area contributed by atoms with Gasteiger partial charge in [-0.05, 0) is 75.5 Å². The van der Waals surface area contributed by atoms with Gasteiger partial charge in [-0.2, -0.15) is 0 Å². The highest BCUT2D eigenvalue weighted by molar-refractivity contribution is 5.71. The second-order valence-electron chi connectivity index (χ2n) is 7.61. The average Bonchev–Trinajstić information content (AvgIpc) is 2.97. The first-order valence-corrected chi connectivity index (χ1v) is 9.12. The maximum Gasteiger partial charge on any atom is 0.151 e. The van der Waals surface area contributed by atoms with E-state index < -0.39 is 0 Å². The first-order chi connectivity index (χ1) is 12.0. The summed E-state index contributed by atoms with van der Waals surface area (Å²) in [7, 11) is 2.20. The molecule has 0 unspecified atom stereocenters. The number of nitrogens with zero attached hydrogens (tertiary/aromatic N) is 4. The van der Waals surface area contributed by atoms with Crippen molar-refractivity contribution in [2.24, 2.45) is 5.92 Å². The van der Waals surface area contributed by atoms with Crippen molar-refractivity contribution in [1.82, 2.24) is 15.1 Å². The molecule has 2 saturated heterocycles. The summed E-state index contributed by atoms with van der Waals surface area (Å²) in [6.07, 6.45) is 2.53. The summed E-state index contributed by atoms with van der Waals surface area (Å²) in [5.41, 5.74) is 3.58. The number of aromatic hydroxyl groups is 1. The Balaban J connectivity index is 1.61. The van der Waals surface area contributed by atoms with Gasteiger partial charge in [0.05, 0.1) is 5.69 Å². The summed E-state index contributed by atoms with van der Waals surface area (Å²) < 4.78 is 0. The van der Waals surface area contributed by atoms with E-state index in [1.165, 1.54) is 19.4 Å². The first-order valence-electron chi connectivity index (χ1n) is 9.12. The number of hydrogen-bond donors (Lipinski definition) is 1. The van der Waals surface area contributed by atoms with Crippen molar-refractivity contribution in [3.8, 4) is 17.0 Å². The molecule has 2 fully saturated rings. The van der Waals surface area contributed by atoms with Gasteiger partial charge in [-0.1, -0.05) is 6.07 Å². The molecule has 2 aromatic rings. The van der Waals surface area contributed by atoms with Crippen LogP contribution in [0.5, 0.6) is 5.75 Å². The lowest BCUT2D eigenvalue weighted by Gasteiger charge is -2.36. The number of likely N-dealkylation sites (tertiary alicyclic amines) is 1. The molecule has 0 amide bonds. The van der Waals surface area contributed by atoms with Gasteiger partial charge in [0, 0.05) is 24.7 Å². The molecule has 1 aromatic heterocycles. The second-order valence-corrected chi connectivity index (χ2v) is 7.61. The van der Waals surface area contributed by atoms with Crippen LogP contribution in [0, 0.1) is 19.8 Å². The number of fused-ring (bicyclic) bond motifs is 1. The van der Waals surface area contributed by atoms with Crippen LogP contribution in [-0.2, 0) is 0 Å². The molecule has 3 heterocycles. The van der Waals surface area contributed by atoms with Crippen molar-refractivity contribution in [1.29, 1.82) is 0 Å². The molecule has 0 radical (unpaired) electrons. The highest BCUT2D eigenvalue weighted by atomic mass is 16.3. The SMILES string of the molecule is Cc1cc(C)c(-c2ccc(N3CC[C@H]4CCN(C)C[C@H]43)nn2)c(O)c1. The van der Waals surface area contributed by atoms with Crippen LogP contribution in [0.3, 0.4) is 0 Å². The van der Waals surface area contributed by atoms with Crippen LogP contribution in [0.25, 0.3) is 11.3 Å². The minimum absolute atomic E-state index is 0.273. The highest BCUT2D eigenvalue weighted by Crippen LogP contribution is 2.35. The van der Waals surface area contributed by atoms with E-state index in [1.807, 2.05) is 19.9 Å². The van der Waals surface area contributed by atoms with E-state index in [2.05, 4.69) is 39.2 Å². The molecular formula is C20H26N4O. The molecule has 0 aliphatic carbocycles. The molecule has 5 nitrogen and oxygen atoms in total. The molecule has 132 valence electrons. The van der Waals surface area contributed by atoms with Crippen LogP contribution in [0.1, 0.15) is 24.0 Å². The third kappa shape index (κ3) is 2.97. The summed E-state index contributed by atoms with van der Waals surface area (Å²) in [5, 5.41) is 19.2. The topological polar surface area (TPSA) is 52.5 Å². The minimum Gasteiger partial charge on any atom is -0.507 e. The van der Waals surface area contributed by atoms with Gasteiger partial charge in [-0.25, -0.2) is 0 Å². The monoisotopic (exact) mass is 338 g/mol. The minimum atomic E-state index is 0.273. The van der Waals surface area contributed by atoms with Crippen molar-refractivity contribution in [3.63, 3.8) is 0 Å². The van der Waals surface area contributed by atoms with Gasteiger partial charge < -0.3 is 14.9 Å². The number of aromatic nitrogens is 2. The fourth-order valence-corrected chi connectivity index (χ4v) is 4.47. The van der Waals surface area contributed by atoms with Crippen molar-refractivity contribution in [2.45, 2.75) is 32.7 Å². The van der Waals surface area contributed by atoms with Crippen molar-refractivity contribution >= 4 is 5.82 Å². The number of aryl methyl sites for hydroxylation is 2. The summed E-state index contributed by atoms with van der Waals surface area (Å²) in [6, 6.07) is 8.43. The lowest BCUT2D eigenvalue weighted by Crippen LogP contribution is -2.47. The molecule has 25 heavy (non-hydrogen) atoms. The Labute approximate surface area is 149 Å². The van der Waals surface area contributed by atoms with E-state index in [1.54, 1.807) is 6.07 Å². The van der Waals surface area contributed by atoms with Crippen molar-refractivity contribution in [2.75, 3.05) is 31.6 Å². The van der Waals surface area contributed by atoms with Gasteiger partial charge in [0.25, 0.3) is 0 Å². The lowest BCUT2D eigenvalue weighted by molar-refractivity contribution is 0.207. The van der Waals surface area contributed by atoms with Crippen molar-refractivity contribution < 1.29 is 5.11 Å². The zero-order valence-corrected chi connectivity index (χ0v) is 15.2. The van der Waals surface area contributed by atoms with Crippen LogP contribution in [0.15, 0.2) is 24.3 Å². The van der Waals surface area contributed by atoms with E-state index in [4.69, 9.17) is 0 Å². The van der Waals surface area contributed by atoms with Crippen LogP contribution in [0.2, 0.25) is 0 Å². The number of phenols is 1. The smallest absolute Gasteiger partial charge is 0.151 e. The number of likely N-dealkylation sites (N-methyl/N-ethyl adjacent to an activating group) is 1. The summed E-state index contributed by atoms with van der Waals surface area (Å²) in [6.45, 7) is 7.35. The molecule has 2 aliphatic rings. The van der Waals surface area contributed by atoms with Gasteiger partial charge >= 0.3 is 0 Å². The van der Waals surface area contributed by atoms with E-state index in [-0.39, 0.29) is 5.75 Å². The van der Waals surface area contributed by atoms with E-state index in [0.29, 0.717) is 6.04 Å². The molecule has 1 aromatic carbocycles. The zero-order valence-electron chi connectivity index (χ0n) is 15.2. The quantitative estimate of drug-likeness (QED) is 0.912. The highest BCUT2D eigenvalue weighted by Gasteiger charge is 2.38. The summed E-state index contributed by atoms with van der Waals surface area (Å²) in [5.74, 6) is 2.01. The molecule has 4 rings (SSSR count).